The molecule has 0 bridgehead atoms. The highest BCUT2D eigenvalue weighted by Gasteiger charge is 2.19. The zero-order valence-corrected chi connectivity index (χ0v) is 19.8. The lowest BCUT2D eigenvalue weighted by atomic mass is 10.1. The summed E-state index contributed by atoms with van der Waals surface area (Å²) in [5, 5.41) is 7.62. The molecule has 0 unspecified atom stereocenters. The number of hydrogen-bond donors (Lipinski definition) is 1. The van der Waals surface area contributed by atoms with E-state index in [4.69, 9.17) is 14.6 Å². The molecule has 178 valence electrons. The van der Waals surface area contributed by atoms with Gasteiger partial charge in [-0.2, -0.15) is 5.10 Å². The maximum atomic E-state index is 13.3. The molecular formula is C27H26N4O4. The van der Waals surface area contributed by atoms with Gasteiger partial charge in [-0.1, -0.05) is 18.2 Å². The third-order valence-electron chi connectivity index (χ3n) is 5.40. The first-order valence-corrected chi connectivity index (χ1v) is 11.1. The summed E-state index contributed by atoms with van der Waals surface area (Å²) in [6.45, 7) is 2.05. The molecule has 35 heavy (non-hydrogen) atoms. The Balaban J connectivity index is 1.62. The van der Waals surface area contributed by atoms with Crippen LogP contribution in [0, 0.1) is 0 Å². The van der Waals surface area contributed by atoms with E-state index in [-0.39, 0.29) is 5.91 Å². The van der Waals surface area contributed by atoms with Crippen LogP contribution in [0.15, 0.2) is 85.1 Å². The number of benzene rings is 3. The highest BCUT2D eigenvalue weighted by atomic mass is 16.6. The molecule has 3 aromatic carbocycles. The van der Waals surface area contributed by atoms with Gasteiger partial charge in [0.1, 0.15) is 11.4 Å². The van der Waals surface area contributed by atoms with Crippen LogP contribution in [0.1, 0.15) is 17.3 Å². The van der Waals surface area contributed by atoms with Gasteiger partial charge in [0, 0.05) is 30.2 Å². The lowest BCUT2D eigenvalue weighted by Gasteiger charge is -2.17. The fourth-order valence-electron chi connectivity index (χ4n) is 3.51. The van der Waals surface area contributed by atoms with E-state index in [1.807, 2.05) is 54.6 Å². The van der Waals surface area contributed by atoms with E-state index in [0.717, 1.165) is 17.0 Å². The minimum atomic E-state index is -0.443. The van der Waals surface area contributed by atoms with Crippen molar-refractivity contribution in [2.45, 2.75) is 6.92 Å². The van der Waals surface area contributed by atoms with E-state index in [0.29, 0.717) is 29.2 Å². The maximum absolute atomic E-state index is 13.3. The number of para-hydroxylation sites is 1. The summed E-state index contributed by atoms with van der Waals surface area (Å²) in [6.07, 6.45) is 1.27. The van der Waals surface area contributed by atoms with Crippen LogP contribution in [0.2, 0.25) is 0 Å². The monoisotopic (exact) mass is 470 g/mol. The molecule has 0 radical (unpaired) electrons. The number of methoxy groups -OCH3 is 1. The summed E-state index contributed by atoms with van der Waals surface area (Å²) in [7, 11) is 3.23. The van der Waals surface area contributed by atoms with Gasteiger partial charge in [-0.3, -0.25) is 9.69 Å². The lowest BCUT2D eigenvalue weighted by Crippen LogP contribution is -2.26. The molecular weight excluding hydrogens is 444 g/mol. The molecule has 4 aromatic rings. The quantitative estimate of drug-likeness (QED) is 0.391. The first kappa shape index (κ1) is 23.6. The van der Waals surface area contributed by atoms with E-state index >= 15 is 0 Å². The molecule has 1 heterocycles. The van der Waals surface area contributed by atoms with E-state index in [9.17, 15) is 9.59 Å². The number of ether oxygens (including phenoxy) is 2. The molecule has 0 spiro atoms. The zero-order valence-electron chi connectivity index (χ0n) is 19.8. The average molecular weight is 471 g/mol. The minimum absolute atomic E-state index is 0.296. The second kappa shape index (κ2) is 10.6. The van der Waals surface area contributed by atoms with Crippen molar-refractivity contribution in [3.63, 3.8) is 0 Å². The Bertz CT molecular complexity index is 1300. The highest BCUT2D eigenvalue weighted by Crippen LogP contribution is 2.27. The number of nitrogens with zero attached hydrogens (tertiary/aromatic N) is 3. The Hall–Kier alpha value is -4.59. The smallest absolute Gasteiger partial charge is 0.413 e. The molecule has 4 rings (SSSR count). The van der Waals surface area contributed by atoms with E-state index in [1.165, 1.54) is 4.90 Å². The summed E-state index contributed by atoms with van der Waals surface area (Å²) in [6, 6.07) is 23.9. The second-order valence-electron chi connectivity index (χ2n) is 7.66. The Labute approximate surface area is 203 Å². The molecule has 0 saturated heterocycles. The molecule has 8 heteroatoms. The number of hydrogen-bond acceptors (Lipinski definition) is 5. The molecule has 8 nitrogen and oxygen atoms in total. The van der Waals surface area contributed by atoms with Crippen LogP contribution < -0.4 is 15.0 Å². The van der Waals surface area contributed by atoms with Gasteiger partial charge in [-0.15, -0.1) is 0 Å². The van der Waals surface area contributed by atoms with Gasteiger partial charge < -0.3 is 14.8 Å². The Morgan fingerprint density at radius 1 is 0.971 bits per heavy atom. The SMILES string of the molecule is CCOC(=O)N(C)c1ccc(NC(=O)c2cn(-c3ccccc3)nc2-c2ccc(OC)cc2)cc1. The van der Waals surface area contributed by atoms with Crippen LogP contribution in [0.3, 0.4) is 0 Å². The van der Waals surface area contributed by atoms with Crippen LogP contribution >= 0.6 is 0 Å². The van der Waals surface area contributed by atoms with Gasteiger partial charge in [-0.25, -0.2) is 9.48 Å². The number of nitrogens with one attached hydrogen (secondary N) is 1. The minimum Gasteiger partial charge on any atom is -0.497 e. The van der Waals surface area contributed by atoms with Crippen molar-refractivity contribution in [1.29, 1.82) is 0 Å². The molecule has 0 saturated carbocycles. The third-order valence-corrected chi connectivity index (χ3v) is 5.40. The van der Waals surface area contributed by atoms with Crippen LogP contribution in [0.25, 0.3) is 16.9 Å². The molecule has 0 aliphatic carbocycles. The summed E-state index contributed by atoms with van der Waals surface area (Å²) < 4.78 is 12.0. The van der Waals surface area contributed by atoms with E-state index in [1.54, 1.807) is 56.2 Å². The van der Waals surface area contributed by atoms with Gasteiger partial charge >= 0.3 is 6.09 Å². The van der Waals surface area contributed by atoms with E-state index in [2.05, 4.69) is 5.32 Å². The van der Waals surface area contributed by atoms with Crippen LogP contribution in [-0.2, 0) is 4.74 Å². The second-order valence-corrected chi connectivity index (χ2v) is 7.66. The molecule has 0 atom stereocenters. The van der Waals surface area contributed by atoms with Crippen molar-refractivity contribution in [2.75, 3.05) is 31.0 Å². The predicted octanol–water partition coefficient (Wildman–Crippen LogP) is 5.39. The number of carbonyl (C=O) groups excluding carboxylic acids is 2. The molecule has 0 aliphatic heterocycles. The van der Waals surface area contributed by atoms with Crippen molar-refractivity contribution >= 4 is 23.4 Å². The van der Waals surface area contributed by atoms with Crippen LogP contribution in [0.5, 0.6) is 5.75 Å². The van der Waals surface area contributed by atoms with Crippen LogP contribution in [-0.4, -0.2) is 42.5 Å². The van der Waals surface area contributed by atoms with Gasteiger partial charge in [0.25, 0.3) is 5.91 Å². The molecule has 1 N–H and O–H groups in total. The van der Waals surface area contributed by atoms with Crippen molar-refractivity contribution in [2.24, 2.45) is 0 Å². The van der Waals surface area contributed by atoms with Crippen molar-refractivity contribution in [1.82, 2.24) is 9.78 Å². The maximum Gasteiger partial charge on any atom is 0.413 e. The summed E-state index contributed by atoms with van der Waals surface area (Å²) in [5.74, 6) is 0.416. The topological polar surface area (TPSA) is 85.7 Å². The Morgan fingerprint density at radius 2 is 1.66 bits per heavy atom. The number of rotatable bonds is 7. The molecule has 0 aliphatic rings. The lowest BCUT2D eigenvalue weighted by molar-refractivity contribution is 0.102. The Kier molecular flexibility index (Phi) is 7.11. The number of anilines is 2. The van der Waals surface area contributed by atoms with Crippen molar-refractivity contribution in [3.05, 3.63) is 90.6 Å². The van der Waals surface area contributed by atoms with Gasteiger partial charge in [0.05, 0.1) is 25.0 Å². The summed E-state index contributed by atoms with van der Waals surface area (Å²) in [5.41, 5.74) is 3.84. The summed E-state index contributed by atoms with van der Waals surface area (Å²) >= 11 is 0. The number of amides is 2. The normalized spacial score (nSPS) is 10.5. The predicted molar refractivity (Wildman–Crippen MR) is 135 cm³/mol. The van der Waals surface area contributed by atoms with Gasteiger partial charge in [0.15, 0.2) is 0 Å². The first-order valence-electron chi connectivity index (χ1n) is 11.1. The third kappa shape index (κ3) is 5.33. The van der Waals surface area contributed by atoms with E-state index < -0.39 is 6.09 Å². The standard InChI is InChI=1S/C27H26N4O4/c1-4-35-27(33)30(2)21-14-12-20(13-15-21)28-26(32)24-18-31(22-8-6-5-7-9-22)29-25(24)19-10-16-23(34-3)17-11-19/h5-18H,4H2,1-3H3,(H,28,32). The van der Waals surface area contributed by atoms with Crippen LogP contribution in [0.4, 0.5) is 16.2 Å². The number of carbonyl (C=O) groups is 2. The van der Waals surface area contributed by atoms with Gasteiger partial charge in [-0.05, 0) is 67.6 Å². The fraction of sp³-hybridized carbons (Fsp3) is 0.148. The van der Waals surface area contributed by atoms with Crippen molar-refractivity contribution in [3.8, 4) is 22.7 Å². The van der Waals surface area contributed by atoms with Crippen molar-refractivity contribution < 1.29 is 19.1 Å². The zero-order chi connectivity index (χ0) is 24.8. The molecule has 0 fully saturated rings. The average Bonchev–Trinajstić information content (AvgIpc) is 3.35. The van der Waals surface area contributed by atoms with Gasteiger partial charge in [0.2, 0.25) is 0 Å². The number of aromatic nitrogens is 2. The molecule has 2 amide bonds. The largest absolute Gasteiger partial charge is 0.497 e. The highest BCUT2D eigenvalue weighted by molar-refractivity contribution is 6.08. The summed E-state index contributed by atoms with van der Waals surface area (Å²) in [4.78, 5) is 26.7. The Morgan fingerprint density at radius 3 is 2.29 bits per heavy atom. The first-order chi connectivity index (χ1) is 17.0. The molecule has 1 aromatic heterocycles. The fourth-order valence-corrected chi connectivity index (χ4v) is 3.51.